The molecule has 0 aliphatic heterocycles. The normalized spacial score (nSPS) is 18.7. The molecule has 0 bridgehead atoms. The third-order valence-electron chi connectivity index (χ3n) is 0.457. The second-order valence-electron chi connectivity index (χ2n) is 1.02. The summed E-state index contributed by atoms with van der Waals surface area (Å²) in [6, 6.07) is 0. The van der Waals surface area contributed by atoms with Gasteiger partial charge in [-0.25, -0.2) is 0 Å². The van der Waals surface area contributed by atoms with E-state index in [-0.39, 0.29) is 0 Å². The highest BCUT2D eigenvalue weighted by Gasteiger charge is 2.11. The summed E-state index contributed by atoms with van der Waals surface area (Å²) in [6.07, 6.45) is 0. The van der Waals surface area contributed by atoms with E-state index in [1.807, 2.05) is 0 Å². The summed E-state index contributed by atoms with van der Waals surface area (Å²) in [5, 5.41) is 0. The van der Waals surface area contributed by atoms with Gasteiger partial charge in [0.1, 0.15) is 0 Å². The smallest absolute Gasteiger partial charge is 0.311 e. The molecule has 0 aromatic rings. The minimum atomic E-state index is -2.89. The van der Waals surface area contributed by atoms with Crippen LogP contribution in [0.2, 0.25) is 0 Å². The van der Waals surface area contributed by atoms with Crippen LogP contribution < -0.4 is 0 Å². The first-order chi connectivity index (χ1) is 3.12. The first-order valence-electron chi connectivity index (χ1n) is 1.56. The molecule has 0 aliphatic carbocycles. The molecule has 0 heterocycles. The molecule has 0 N–H and O–H groups in total. The molecule has 0 aromatic heterocycles. The molecule has 0 spiro atoms. The molecule has 3 nitrogen and oxygen atoms in total. The van der Waals surface area contributed by atoms with Crippen LogP contribution in [0.15, 0.2) is 0 Å². The minimum absolute atomic E-state index is 1.27. The lowest BCUT2D eigenvalue weighted by Gasteiger charge is -2.01. The molecule has 5 heteroatoms. The summed E-state index contributed by atoms with van der Waals surface area (Å²) in [5.74, 6) is 0. The average Bonchev–Trinajstić information content (AvgIpc) is 1.68. The van der Waals surface area contributed by atoms with Crippen molar-refractivity contribution in [1.82, 2.24) is 0 Å². The Bertz CT molecular complexity index is 84.9. The van der Waals surface area contributed by atoms with Crippen molar-refractivity contribution in [3.05, 3.63) is 0 Å². The Morgan fingerprint density at radius 1 is 1.71 bits per heavy atom. The Kier molecular flexibility index (Phi) is 2.84. The molecule has 0 rings (SSSR count). The molecule has 0 aliphatic rings. The molecule has 0 radical (unpaired) electrons. The zero-order valence-electron chi connectivity index (χ0n) is 4.05. The van der Waals surface area contributed by atoms with E-state index < -0.39 is 7.60 Å². The van der Waals surface area contributed by atoms with Gasteiger partial charge in [0.25, 0.3) is 0 Å². The molecule has 7 heavy (non-hydrogen) atoms. The molecule has 0 amide bonds. The summed E-state index contributed by atoms with van der Waals surface area (Å²) in [7, 11) is -1.62. The van der Waals surface area contributed by atoms with Crippen LogP contribution in [-0.4, -0.2) is 13.8 Å². The summed E-state index contributed by atoms with van der Waals surface area (Å²) < 4.78 is 18.6. The average molecular weight is 144 g/mol. The fourth-order valence-corrected chi connectivity index (χ4v) is 0.254. The van der Waals surface area contributed by atoms with E-state index in [1.165, 1.54) is 13.8 Å². The maximum Gasteiger partial charge on any atom is 0.343 e. The molecular formula is C2H6ClO3P. The van der Waals surface area contributed by atoms with Gasteiger partial charge in [0.2, 0.25) is 0 Å². The van der Waals surface area contributed by atoms with E-state index in [1.54, 1.807) is 0 Å². The lowest BCUT2D eigenvalue weighted by atomic mass is 11.8. The zero-order chi connectivity index (χ0) is 5.91. The van der Waals surface area contributed by atoms with Gasteiger partial charge in [0, 0.05) is 13.8 Å². The van der Waals surface area contributed by atoms with Gasteiger partial charge in [-0.1, -0.05) is 0 Å². The third-order valence-corrected chi connectivity index (χ3v) is 2.12. The molecule has 1 unspecified atom stereocenters. The molecule has 0 saturated heterocycles. The topological polar surface area (TPSA) is 35.5 Å². The van der Waals surface area contributed by atoms with Gasteiger partial charge >= 0.3 is 7.60 Å². The molecule has 0 fully saturated rings. The molecular weight excluding hydrogens is 138 g/mol. The van der Waals surface area contributed by atoms with Crippen molar-refractivity contribution in [2.45, 2.75) is 0 Å². The Hall–Kier alpha value is 0.440. The molecule has 0 aromatic carbocycles. The van der Waals surface area contributed by atoms with Crippen molar-refractivity contribution in [2.24, 2.45) is 0 Å². The highest BCUT2D eigenvalue weighted by Crippen LogP contribution is 2.43. The maximum absolute atomic E-state index is 10.4. The van der Waals surface area contributed by atoms with E-state index in [0.717, 1.165) is 0 Å². The minimum Gasteiger partial charge on any atom is -0.311 e. The molecule has 44 valence electrons. The Morgan fingerprint density at radius 2 is 2.14 bits per heavy atom. The summed E-state index contributed by atoms with van der Waals surface area (Å²) in [6.45, 7) is 1.28. The number of halogens is 1. The van der Waals surface area contributed by atoms with Crippen molar-refractivity contribution in [1.29, 1.82) is 0 Å². The number of hydrogen-bond donors (Lipinski definition) is 0. The van der Waals surface area contributed by atoms with Gasteiger partial charge in [-0.2, -0.15) is 4.08 Å². The van der Waals surface area contributed by atoms with E-state index in [2.05, 4.69) is 8.60 Å². The van der Waals surface area contributed by atoms with Crippen LogP contribution in [0.1, 0.15) is 0 Å². The summed E-state index contributed by atoms with van der Waals surface area (Å²) >= 11 is 4.71. The highest BCUT2D eigenvalue weighted by atomic mass is 35.5. The second-order valence-corrected chi connectivity index (χ2v) is 3.48. The van der Waals surface area contributed by atoms with Crippen LogP contribution in [0, 0.1) is 0 Å². The van der Waals surface area contributed by atoms with Crippen LogP contribution >= 0.6 is 19.5 Å². The van der Waals surface area contributed by atoms with Gasteiger partial charge in [-0.3, -0.25) is 4.57 Å². The predicted octanol–water partition coefficient (Wildman–Crippen LogP) is 1.63. The van der Waals surface area contributed by atoms with Crippen molar-refractivity contribution in [2.75, 3.05) is 13.8 Å². The molecule has 0 saturated carbocycles. The van der Waals surface area contributed by atoms with Crippen LogP contribution in [0.4, 0.5) is 0 Å². The fourth-order valence-electron chi connectivity index (χ4n) is 0.0282. The standard InChI is InChI=1S/C2H6ClO3P/c1-5-7(2,4)6-3/h1-2H3. The van der Waals surface area contributed by atoms with Crippen LogP contribution in [0.3, 0.4) is 0 Å². The maximum atomic E-state index is 10.4. The first-order valence-corrected chi connectivity index (χ1v) is 3.86. The van der Waals surface area contributed by atoms with Gasteiger partial charge in [-0.05, 0) is 0 Å². The Morgan fingerprint density at radius 3 is 2.14 bits per heavy atom. The van der Waals surface area contributed by atoms with Gasteiger partial charge in [-0.15, -0.1) is 0 Å². The predicted molar refractivity (Wildman–Crippen MR) is 27.5 cm³/mol. The largest absolute Gasteiger partial charge is 0.343 e. The van der Waals surface area contributed by atoms with Gasteiger partial charge < -0.3 is 4.52 Å². The van der Waals surface area contributed by atoms with Crippen LogP contribution in [0.25, 0.3) is 0 Å². The van der Waals surface area contributed by atoms with Crippen molar-refractivity contribution in [3.8, 4) is 0 Å². The SMILES string of the molecule is COP(C)(=O)OCl. The quantitative estimate of drug-likeness (QED) is 0.553. The second kappa shape index (κ2) is 2.68. The lowest BCUT2D eigenvalue weighted by molar-refractivity contribution is 0.337. The first kappa shape index (κ1) is 7.44. The zero-order valence-corrected chi connectivity index (χ0v) is 5.70. The Labute approximate surface area is 47.3 Å². The monoisotopic (exact) mass is 144 g/mol. The van der Waals surface area contributed by atoms with E-state index >= 15 is 0 Å². The number of rotatable bonds is 2. The summed E-state index contributed by atoms with van der Waals surface area (Å²) in [5.41, 5.74) is 0. The fraction of sp³-hybridized carbons (Fsp3) is 1.00. The van der Waals surface area contributed by atoms with Gasteiger partial charge in [0.05, 0.1) is 11.9 Å². The van der Waals surface area contributed by atoms with E-state index in [9.17, 15) is 4.57 Å². The Balaban J connectivity index is 3.61. The van der Waals surface area contributed by atoms with Crippen molar-refractivity contribution in [3.63, 3.8) is 0 Å². The molecule has 1 atom stereocenters. The van der Waals surface area contributed by atoms with Crippen LogP contribution in [0.5, 0.6) is 0 Å². The highest BCUT2D eigenvalue weighted by molar-refractivity contribution is 7.53. The van der Waals surface area contributed by atoms with Crippen molar-refractivity contribution < 1.29 is 13.2 Å². The van der Waals surface area contributed by atoms with E-state index in [0.29, 0.717) is 0 Å². The number of hydrogen-bond acceptors (Lipinski definition) is 3. The third kappa shape index (κ3) is 3.06. The lowest BCUT2D eigenvalue weighted by Crippen LogP contribution is -1.78. The van der Waals surface area contributed by atoms with Crippen LogP contribution in [-0.2, 0) is 13.2 Å². The van der Waals surface area contributed by atoms with Crippen molar-refractivity contribution >= 4 is 19.5 Å². The summed E-state index contributed by atoms with van der Waals surface area (Å²) in [4.78, 5) is 0. The van der Waals surface area contributed by atoms with Gasteiger partial charge in [0.15, 0.2) is 0 Å². The van der Waals surface area contributed by atoms with E-state index in [4.69, 9.17) is 11.9 Å².